The summed E-state index contributed by atoms with van der Waals surface area (Å²) in [4.78, 5) is 33.6. The van der Waals surface area contributed by atoms with Crippen LogP contribution >= 0.6 is 24.0 Å². The number of hydrogen-bond acceptors (Lipinski definition) is 7. The SMILES string of the molecule is CCN1C(=O)C(=Cc2c(N(C)CCO)nc3ccccn3c2=O)SC1=S. The molecule has 0 spiro atoms. The van der Waals surface area contributed by atoms with E-state index in [1.165, 1.54) is 21.1 Å². The van der Waals surface area contributed by atoms with E-state index < -0.39 is 0 Å². The van der Waals surface area contributed by atoms with Crippen molar-refractivity contribution in [3.8, 4) is 0 Å². The number of aliphatic hydroxyl groups excluding tert-OH is 1. The van der Waals surface area contributed by atoms with Crippen LogP contribution < -0.4 is 10.5 Å². The highest BCUT2D eigenvalue weighted by atomic mass is 32.2. The van der Waals surface area contributed by atoms with Crippen molar-refractivity contribution in [1.82, 2.24) is 14.3 Å². The topological polar surface area (TPSA) is 78.2 Å². The Morgan fingerprint density at radius 1 is 1.38 bits per heavy atom. The van der Waals surface area contributed by atoms with E-state index in [-0.39, 0.29) is 18.1 Å². The van der Waals surface area contributed by atoms with Gasteiger partial charge in [-0.3, -0.25) is 18.9 Å². The molecule has 1 amide bonds. The van der Waals surface area contributed by atoms with E-state index in [0.717, 1.165) is 0 Å². The first-order valence-corrected chi connectivity index (χ1v) is 9.29. The van der Waals surface area contributed by atoms with Gasteiger partial charge in [-0.2, -0.15) is 0 Å². The van der Waals surface area contributed by atoms with Gasteiger partial charge < -0.3 is 10.0 Å². The smallest absolute Gasteiger partial charge is 0.267 e. The highest BCUT2D eigenvalue weighted by Gasteiger charge is 2.31. The second kappa shape index (κ2) is 7.56. The summed E-state index contributed by atoms with van der Waals surface area (Å²) in [6, 6.07) is 5.27. The zero-order valence-electron chi connectivity index (χ0n) is 14.4. The first-order valence-electron chi connectivity index (χ1n) is 8.06. The third-order valence-electron chi connectivity index (χ3n) is 4.01. The maximum atomic E-state index is 13.0. The largest absolute Gasteiger partial charge is 0.395 e. The van der Waals surface area contributed by atoms with E-state index in [2.05, 4.69) is 4.98 Å². The number of hydrogen-bond donors (Lipinski definition) is 1. The molecule has 0 saturated carbocycles. The minimum absolute atomic E-state index is 0.0796. The summed E-state index contributed by atoms with van der Waals surface area (Å²) in [5, 5.41) is 9.25. The number of pyridine rings is 1. The van der Waals surface area contributed by atoms with Gasteiger partial charge in [0.2, 0.25) is 0 Å². The van der Waals surface area contributed by atoms with Crippen molar-refractivity contribution in [2.75, 3.05) is 31.6 Å². The molecule has 0 radical (unpaired) electrons. The first kappa shape index (κ1) is 18.6. The Morgan fingerprint density at radius 2 is 2.15 bits per heavy atom. The number of rotatable bonds is 5. The summed E-state index contributed by atoms with van der Waals surface area (Å²) in [7, 11) is 1.74. The molecule has 0 atom stereocenters. The van der Waals surface area contributed by atoms with Crippen LogP contribution in [0.1, 0.15) is 12.5 Å². The molecule has 0 aliphatic carbocycles. The molecule has 1 aliphatic rings. The number of aliphatic hydroxyl groups is 1. The molecule has 9 heteroatoms. The quantitative estimate of drug-likeness (QED) is 0.610. The minimum Gasteiger partial charge on any atom is -0.395 e. The van der Waals surface area contributed by atoms with Gasteiger partial charge in [0.05, 0.1) is 17.1 Å². The van der Waals surface area contributed by atoms with E-state index in [0.29, 0.717) is 39.3 Å². The van der Waals surface area contributed by atoms with Crippen LogP contribution in [0, 0.1) is 0 Å². The Balaban J connectivity index is 2.21. The van der Waals surface area contributed by atoms with Crippen LogP contribution in [0.25, 0.3) is 11.7 Å². The van der Waals surface area contributed by atoms with Gasteiger partial charge in [0.1, 0.15) is 15.8 Å². The van der Waals surface area contributed by atoms with E-state index in [4.69, 9.17) is 12.2 Å². The number of thioether (sulfide) groups is 1. The van der Waals surface area contributed by atoms with Gasteiger partial charge in [-0.1, -0.05) is 30.0 Å². The molecule has 2 aromatic rings. The van der Waals surface area contributed by atoms with Gasteiger partial charge in [-0.15, -0.1) is 0 Å². The molecule has 3 heterocycles. The molecule has 0 aromatic carbocycles. The fourth-order valence-electron chi connectivity index (χ4n) is 2.67. The first-order chi connectivity index (χ1) is 12.5. The summed E-state index contributed by atoms with van der Waals surface area (Å²) in [6.45, 7) is 2.56. The van der Waals surface area contributed by atoms with Crippen molar-refractivity contribution in [3.63, 3.8) is 0 Å². The zero-order chi connectivity index (χ0) is 18.8. The van der Waals surface area contributed by atoms with Crippen LogP contribution in [-0.4, -0.2) is 56.4 Å². The summed E-state index contributed by atoms with van der Waals surface area (Å²) in [6.07, 6.45) is 3.18. The summed E-state index contributed by atoms with van der Waals surface area (Å²) in [5.74, 6) is 0.202. The standard InChI is InChI=1S/C17H18N4O3S2/c1-3-20-16(24)12(26-17(20)25)10-11-14(19(2)8-9-22)18-13-6-4-5-7-21(13)15(11)23/h4-7,10,22H,3,8-9H2,1-2H3. The summed E-state index contributed by atoms with van der Waals surface area (Å²) in [5.41, 5.74) is 0.508. The van der Waals surface area contributed by atoms with Gasteiger partial charge >= 0.3 is 0 Å². The van der Waals surface area contributed by atoms with Crippen LogP contribution in [0.5, 0.6) is 0 Å². The predicted molar refractivity (Wildman–Crippen MR) is 107 cm³/mol. The molecule has 136 valence electrons. The van der Waals surface area contributed by atoms with Crippen LogP contribution in [-0.2, 0) is 4.79 Å². The Hall–Kier alpha value is -2.23. The molecule has 3 rings (SSSR count). The number of nitrogens with zero attached hydrogens (tertiary/aromatic N) is 4. The van der Waals surface area contributed by atoms with Gasteiger partial charge in [0.15, 0.2) is 0 Å². The molecule has 7 nitrogen and oxygen atoms in total. The van der Waals surface area contributed by atoms with Gasteiger partial charge in [-0.05, 0) is 25.1 Å². The van der Waals surface area contributed by atoms with E-state index in [1.54, 1.807) is 42.4 Å². The van der Waals surface area contributed by atoms with Crippen LogP contribution in [0.3, 0.4) is 0 Å². The van der Waals surface area contributed by atoms with Gasteiger partial charge in [0.25, 0.3) is 11.5 Å². The molecule has 1 fully saturated rings. The number of anilines is 1. The fraction of sp³-hybridized carbons (Fsp3) is 0.294. The van der Waals surface area contributed by atoms with Crippen molar-refractivity contribution in [1.29, 1.82) is 0 Å². The third kappa shape index (κ3) is 3.25. The summed E-state index contributed by atoms with van der Waals surface area (Å²) < 4.78 is 1.91. The number of carbonyl (C=O) groups excluding carboxylic acids is 1. The third-order valence-corrected chi connectivity index (χ3v) is 5.39. The number of aromatic nitrogens is 2. The van der Waals surface area contributed by atoms with Crippen LogP contribution in [0.4, 0.5) is 5.82 Å². The molecule has 1 aliphatic heterocycles. The average molecular weight is 390 g/mol. The second-order valence-corrected chi connectivity index (χ2v) is 7.33. The molecule has 2 aromatic heterocycles. The Morgan fingerprint density at radius 3 is 2.81 bits per heavy atom. The number of amides is 1. The molecular formula is C17H18N4O3S2. The average Bonchev–Trinajstić information content (AvgIpc) is 2.90. The van der Waals surface area contributed by atoms with Crippen molar-refractivity contribution in [2.45, 2.75) is 6.92 Å². The van der Waals surface area contributed by atoms with Crippen molar-refractivity contribution < 1.29 is 9.90 Å². The summed E-state index contributed by atoms with van der Waals surface area (Å²) >= 11 is 6.40. The Labute approximate surface area is 159 Å². The van der Waals surface area contributed by atoms with Crippen molar-refractivity contribution in [2.24, 2.45) is 0 Å². The lowest BCUT2D eigenvalue weighted by Crippen LogP contribution is -2.29. The predicted octanol–water partition coefficient (Wildman–Crippen LogP) is 1.34. The van der Waals surface area contributed by atoms with E-state index in [9.17, 15) is 14.7 Å². The van der Waals surface area contributed by atoms with Crippen LogP contribution in [0.15, 0.2) is 34.1 Å². The Bertz CT molecular complexity index is 970. The lowest BCUT2D eigenvalue weighted by molar-refractivity contribution is -0.121. The lowest BCUT2D eigenvalue weighted by Gasteiger charge is -2.19. The molecule has 1 saturated heterocycles. The monoisotopic (exact) mass is 390 g/mol. The van der Waals surface area contributed by atoms with Gasteiger partial charge in [-0.25, -0.2) is 4.98 Å². The highest BCUT2D eigenvalue weighted by Crippen LogP contribution is 2.33. The maximum Gasteiger partial charge on any atom is 0.267 e. The molecule has 1 N–H and O–H groups in total. The van der Waals surface area contributed by atoms with Gasteiger partial charge in [0, 0.05) is 26.3 Å². The normalized spacial score (nSPS) is 16.1. The second-order valence-electron chi connectivity index (χ2n) is 5.65. The van der Waals surface area contributed by atoms with Crippen LogP contribution in [0.2, 0.25) is 0 Å². The molecular weight excluding hydrogens is 372 g/mol. The number of carbonyl (C=O) groups is 1. The Kier molecular flexibility index (Phi) is 5.40. The molecule has 26 heavy (non-hydrogen) atoms. The fourth-order valence-corrected chi connectivity index (χ4v) is 4.03. The number of thiocarbonyl (C=S) groups is 1. The number of likely N-dealkylation sites (N-methyl/N-ethyl adjacent to an activating group) is 2. The van der Waals surface area contributed by atoms with E-state index in [1.807, 2.05) is 6.92 Å². The zero-order valence-corrected chi connectivity index (χ0v) is 16.0. The van der Waals surface area contributed by atoms with Crippen molar-refractivity contribution >= 4 is 51.7 Å². The minimum atomic E-state index is -0.280. The van der Waals surface area contributed by atoms with Crippen molar-refractivity contribution in [3.05, 3.63) is 45.2 Å². The molecule has 0 unspecified atom stereocenters. The highest BCUT2D eigenvalue weighted by molar-refractivity contribution is 8.26. The maximum absolute atomic E-state index is 13.0. The van der Waals surface area contributed by atoms with E-state index >= 15 is 0 Å². The number of fused-ring (bicyclic) bond motifs is 1. The molecule has 0 bridgehead atoms. The lowest BCUT2D eigenvalue weighted by atomic mass is 10.2.